The van der Waals surface area contributed by atoms with Crippen LogP contribution in [0.3, 0.4) is 0 Å². The van der Waals surface area contributed by atoms with E-state index in [4.69, 9.17) is 10.8 Å². The number of nitrogens with two attached hydrogens (primary N) is 1. The first-order valence-electron chi connectivity index (χ1n) is 6.92. The molecule has 1 aliphatic carbocycles. The molecule has 0 saturated heterocycles. The molecule has 0 aliphatic heterocycles. The first-order valence-corrected chi connectivity index (χ1v) is 6.92. The third-order valence-corrected chi connectivity index (χ3v) is 3.67. The van der Waals surface area contributed by atoms with Gasteiger partial charge in [0.25, 0.3) is 0 Å². The van der Waals surface area contributed by atoms with Crippen LogP contribution in [-0.4, -0.2) is 24.3 Å². The number of benzene rings is 1. The maximum atomic E-state index is 8.97. The molecular formula is C15H24N2O. The Morgan fingerprint density at radius 1 is 1.39 bits per heavy atom. The number of hydrogen-bond donors (Lipinski definition) is 3. The van der Waals surface area contributed by atoms with Crippen LogP contribution >= 0.6 is 0 Å². The fourth-order valence-corrected chi connectivity index (χ4v) is 2.50. The normalized spacial score (nSPS) is 18.6. The van der Waals surface area contributed by atoms with Crippen LogP contribution in [0.15, 0.2) is 24.3 Å². The minimum absolute atomic E-state index is 0.198. The third-order valence-electron chi connectivity index (χ3n) is 3.67. The molecule has 2 rings (SSSR count). The Morgan fingerprint density at radius 3 is 2.72 bits per heavy atom. The van der Waals surface area contributed by atoms with Gasteiger partial charge in [-0.2, -0.15) is 0 Å². The molecule has 0 heterocycles. The summed E-state index contributed by atoms with van der Waals surface area (Å²) in [5.74, 6) is 0.741. The summed E-state index contributed by atoms with van der Waals surface area (Å²) in [4.78, 5) is 0. The maximum absolute atomic E-state index is 8.97. The van der Waals surface area contributed by atoms with Crippen molar-refractivity contribution in [3.63, 3.8) is 0 Å². The van der Waals surface area contributed by atoms with Crippen LogP contribution in [0.4, 0.5) is 0 Å². The molecule has 3 heteroatoms. The molecule has 1 fully saturated rings. The lowest BCUT2D eigenvalue weighted by Gasteiger charge is -2.24. The Hall–Kier alpha value is -0.900. The molecule has 0 amide bonds. The molecule has 0 radical (unpaired) electrons. The molecule has 18 heavy (non-hydrogen) atoms. The lowest BCUT2D eigenvalue weighted by molar-refractivity contribution is 0.263. The summed E-state index contributed by atoms with van der Waals surface area (Å²) in [6, 6.07) is 9.10. The Labute approximate surface area is 109 Å². The summed E-state index contributed by atoms with van der Waals surface area (Å²) in [6.07, 6.45) is 3.38. The highest BCUT2D eigenvalue weighted by atomic mass is 16.3. The van der Waals surface area contributed by atoms with Gasteiger partial charge in [0.15, 0.2) is 0 Å². The number of nitrogens with one attached hydrogen (secondary N) is 1. The van der Waals surface area contributed by atoms with E-state index in [1.165, 1.54) is 24.0 Å². The molecule has 1 saturated carbocycles. The molecule has 2 unspecified atom stereocenters. The second-order valence-electron chi connectivity index (χ2n) is 5.27. The minimum atomic E-state index is 0.198. The molecule has 1 aromatic rings. The second kappa shape index (κ2) is 6.32. The van der Waals surface area contributed by atoms with E-state index in [1.807, 2.05) is 0 Å². The van der Waals surface area contributed by atoms with Crippen molar-refractivity contribution in [1.29, 1.82) is 0 Å². The van der Waals surface area contributed by atoms with Crippen molar-refractivity contribution in [2.45, 2.75) is 44.2 Å². The number of aliphatic hydroxyl groups is 1. The topological polar surface area (TPSA) is 58.3 Å². The molecule has 0 aromatic heterocycles. The van der Waals surface area contributed by atoms with Gasteiger partial charge in [0.2, 0.25) is 0 Å². The standard InChI is InChI=1S/C15H24N2O/c1-11(8-9-18)17-15(10-16)14-5-3-2-4-13(14)12-6-7-12/h2-5,11-12,15,17-18H,6-10,16H2,1H3. The van der Waals surface area contributed by atoms with E-state index in [2.05, 4.69) is 36.5 Å². The summed E-state index contributed by atoms with van der Waals surface area (Å²) in [7, 11) is 0. The fraction of sp³-hybridized carbons (Fsp3) is 0.600. The van der Waals surface area contributed by atoms with Crippen LogP contribution in [0.2, 0.25) is 0 Å². The van der Waals surface area contributed by atoms with Gasteiger partial charge in [0.1, 0.15) is 0 Å². The third kappa shape index (κ3) is 3.31. The summed E-state index contributed by atoms with van der Waals surface area (Å²) in [6.45, 7) is 2.91. The monoisotopic (exact) mass is 248 g/mol. The highest BCUT2D eigenvalue weighted by Crippen LogP contribution is 2.42. The lowest BCUT2D eigenvalue weighted by Crippen LogP contribution is -2.36. The smallest absolute Gasteiger partial charge is 0.0449 e. The van der Waals surface area contributed by atoms with Gasteiger partial charge in [0.05, 0.1) is 0 Å². The van der Waals surface area contributed by atoms with Crippen LogP contribution in [0.1, 0.15) is 49.3 Å². The first-order chi connectivity index (χ1) is 8.76. The molecular weight excluding hydrogens is 224 g/mol. The van der Waals surface area contributed by atoms with Gasteiger partial charge in [-0.1, -0.05) is 24.3 Å². The molecule has 0 bridgehead atoms. The van der Waals surface area contributed by atoms with E-state index in [-0.39, 0.29) is 18.7 Å². The van der Waals surface area contributed by atoms with E-state index >= 15 is 0 Å². The molecule has 1 aliphatic rings. The fourth-order valence-electron chi connectivity index (χ4n) is 2.50. The van der Waals surface area contributed by atoms with Gasteiger partial charge in [-0.25, -0.2) is 0 Å². The number of aliphatic hydroxyl groups excluding tert-OH is 1. The van der Waals surface area contributed by atoms with Crippen LogP contribution in [-0.2, 0) is 0 Å². The summed E-state index contributed by atoms with van der Waals surface area (Å²) >= 11 is 0. The van der Waals surface area contributed by atoms with Gasteiger partial charge in [-0.15, -0.1) is 0 Å². The highest BCUT2D eigenvalue weighted by Gasteiger charge is 2.27. The Kier molecular flexibility index (Phi) is 4.75. The average Bonchev–Trinajstić information content (AvgIpc) is 3.20. The largest absolute Gasteiger partial charge is 0.396 e. The van der Waals surface area contributed by atoms with Crippen molar-refractivity contribution in [3.05, 3.63) is 35.4 Å². The zero-order valence-corrected chi connectivity index (χ0v) is 11.1. The predicted octanol–water partition coefficient (Wildman–Crippen LogP) is 1.92. The first kappa shape index (κ1) is 13.5. The summed E-state index contributed by atoms with van der Waals surface area (Å²) in [5.41, 5.74) is 8.71. The predicted molar refractivity (Wildman–Crippen MR) is 74.5 cm³/mol. The van der Waals surface area contributed by atoms with E-state index < -0.39 is 0 Å². The van der Waals surface area contributed by atoms with E-state index in [1.54, 1.807) is 0 Å². The second-order valence-corrected chi connectivity index (χ2v) is 5.27. The maximum Gasteiger partial charge on any atom is 0.0449 e. The van der Waals surface area contributed by atoms with Crippen molar-refractivity contribution < 1.29 is 5.11 Å². The Bertz CT molecular complexity index is 377. The van der Waals surface area contributed by atoms with Crippen molar-refractivity contribution >= 4 is 0 Å². The van der Waals surface area contributed by atoms with Gasteiger partial charge in [-0.05, 0) is 43.2 Å². The SMILES string of the molecule is CC(CCO)NC(CN)c1ccccc1C1CC1. The van der Waals surface area contributed by atoms with E-state index in [9.17, 15) is 0 Å². The van der Waals surface area contributed by atoms with Crippen LogP contribution in [0.5, 0.6) is 0 Å². The molecule has 1 aromatic carbocycles. The van der Waals surface area contributed by atoms with Gasteiger partial charge in [0, 0.05) is 25.2 Å². The molecule has 2 atom stereocenters. The van der Waals surface area contributed by atoms with E-state index in [0.717, 1.165) is 12.3 Å². The Morgan fingerprint density at radius 2 is 2.11 bits per heavy atom. The Balaban J connectivity index is 2.11. The average molecular weight is 248 g/mol. The van der Waals surface area contributed by atoms with Crippen LogP contribution < -0.4 is 11.1 Å². The highest BCUT2D eigenvalue weighted by molar-refractivity contribution is 5.35. The summed E-state index contributed by atoms with van der Waals surface area (Å²) in [5, 5.41) is 12.5. The lowest BCUT2D eigenvalue weighted by atomic mass is 9.96. The van der Waals surface area contributed by atoms with Crippen LogP contribution in [0, 0.1) is 0 Å². The number of hydrogen-bond acceptors (Lipinski definition) is 3. The van der Waals surface area contributed by atoms with Crippen molar-refractivity contribution in [2.24, 2.45) is 5.73 Å². The quantitative estimate of drug-likeness (QED) is 0.691. The van der Waals surface area contributed by atoms with Crippen LogP contribution in [0.25, 0.3) is 0 Å². The molecule has 3 nitrogen and oxygen atoms in total. The van der Waals surface area contributed by atoms with Gasteiger partial charge >= 0.3 is 0 Å². The van der Waals surface area contributed by atoms with Crippen molar-refractivity contribution in [2.75, 3.05) is 13.2 Å². The van der Waals surface area contributed by atoms with E-state index in [0.29, 0.717) is 6.54 Å². The van der Waals surface area contributed by atoms with Gasteiger partial charge in [-0.3, -0.25) is 0 Å². The molecule has 4 N–H and O–H groups in total. The van der Waals surface area contributed by atoms with Crippen molar-refractivity contribution in [3.8, 4) is 0 Å². The zero-order valence-electron chi connectivity index (χ0n) is 11.1. The number of rotatable bonds is 7. The van der Waals surface area contributed by atoms with Gasteiger partial charge < -0.3 is 16.2 Å². The summed E-state index contributed by atoms with van der Waals surface area (Å²) < 4.78 is 0. The zero-order chi connectivity index (χ0) is 13.0. The molecule has 100 valence electrons. The minimum Gasteiger partial charge on any atom is -0.396 e. The molecule has 0 spiro atoms. The van der Waals surface area contributed by atoms with Crippen molar-refractivity contribution in [1.82, 2.24) is 5.32 Å².